The first kappa shape index (κ1) is 50.7. The van der Waals surface area contributed by atoms with Crippen LogP contribution >= 0.6 is 0 Å². The van der Waals surface area contributed by atoms with Crippen LogP contribution in [-0.4, -0.2) is 35.2 Å². The molecule has 2 aromatic rings. The quantitative estimate of drug-likeness (QED) is 0.0396. The number of ether oxygens (including phenoxy) is 2. The number of hydrazine groups is 1. The summed E-state index contributed by atoms with van der Waals surface area (Å²) >= 11 is 0. The summed E-state index contributed by atoms with van der Waals surface area (Å²) in [5, 5.41) is 20.9. The Kier molecular flexibility index (Phi) is 31.1. The van der Waals surface area contributed by atoms with Crippen molar-refractivity contribution in [1.29, 1.82) is 0 Å². The van der Waals surface area contributed by atoms with E-state index in [0.29, 0.717) is 24.7 Å². The number of hydrogen-bond donors (Lipinski definition) is 4. The Morgan fingerprint density at radius 2 is 0.638 bits per heavy atom. The Hall–Kier alpha value is -3.42. The van der Waals surface area contributed by atoms with Gasteiger partial charge in [-0.2, -0.15) is 0 Å². The number of carbonyl (C=O) groups is 2. The maximum atomic E-state index is 12.7. The molecule has 0 spiro atoms. The molecule has 330 valence electrons. The van der Waals surface area contributed by atoms with Crippen LogP contribution in [0, 0.1) is 0 Å². The topological polar surface area (TPSA) is 117 Å². The van der Waals surface area contributed by atoms with Crippen molar-refractivity contribution in [2.45, 2.75) is 219 Å². The summed E-state index contributed by atoms with van der Waals surface area (Å²) in [5.41, 5.74) is 4.61. The van der Waals surface area contributed by atoms with Crippen LogP contribution in [0.15, 0.2) is 36.4 Å². The molecule has 0 bridgehead atoms. The van der Waals surface area contributed by atoms with Crippen molar-refractivity contribution in [3.05, 3.63) is 47.5 Å². The van der Waals surface area contributed by atoms with Crippen LogP contribution in [0.3, 0.4) is 0 Å². The summed E-state index contributed by atoms with van der Waals surface area (Å²) in [6, 6.07) is 9.01. The van der Waals surface area contributed by atoms with Gasteiger partial charge in [-0.15, -0.1) is 0 Å². The molecule has 8 nitrogen and oxygen atoms in total. The molecule has 58 heavy (non-hydrogen) atoms. The number of unbranched alkanes of at least 4 members (excludes halogenated alkanes) is 30. The van der Waals surface area contributed by atoms with E-state index in [4.69, 9.17) is 9.47 Å². The van der Waals surface area contributed by atoms with Crippen molar-refractivity contribution in [3.8, 4) is 23.0 Å². The fraction of sp³-hybridized carbons (Fsp3) is 0.720. The third-order valence-electron chi connectivity index (χ3n) is 11.3. The van der Waals surface area contributed by atoms with E-state index in [-0.39, 0.29) is 22.6 Å². The zero-order valence-corrected chi connectivity index (χ0v) is 37.0. The highest BCUT2D eigenvalue weighted by Gasteiger charge is 2.16. The summed E-state index contributed by atoms with van der Waals surface area (Å²) in [7, 11) is 0. The smallest absolute Gasteiger partial charge is 0.273 e. The monoisotopic (exact) mass is 809 g/mol. The van der Waals surface area contributed by atoms with Crippen LogP contribution in [0.25, 0.3) is 0 Å². The highest BCUT2D eigenvalue weighted by molar-refractivity contribution is 6.01. The van der Waals surface area contributed by atoms with Crippen LogP contribution in [-0.2, 0) is 0 Å². The number of phenols is 2. The molecule has 2 rings (SSSR count). The Morgan fingerprint density at radius 3 is 0.879 bits per heavy atom. The van der Waals surface area contributed by atoms with E-state index in [1.807, 2.05) is 0 Å². The maximum absolute atomic E-state index is 12.7. The molecule has 2 amide bonds. The molecule has 2 aromatic carbocycles. The number of hydrogen-bond acceptors (Lipinski definition) is 6. The van der Waals surface area contributed by atoms with Crippen LogP contribution in [0.2, 0.25) is 0 Å². The first-order valence-electron chi connectivity index (χ1n) is 24.0. The molecule has 8 heteroatoms. The lowest BCUT2D eigenvalue weighted by Crippen LogP contribution is -2.41. The minimum absolute atomic E-state index is 0.00267. The van der Waals surface area contributed by atoms with Crippen LogP contribution in [0.5, 0.6) is 23.0 Å². The fourth-order valence-electron chi connectivity index (χ4n) is 7.52. The molecule has 0 saturated heterocycles. The predicted molar refractivity (Wildman–Crippen MR) is 241 cm³/mol. The molecule has 0 saturated carbocycles. The van der Waals surface area contributed by atoms with Crippen molar-refractivity contribution >= 4 is 11.8 Å². The molecule has 0 aliphatic heterocycles. The maximum Gasteiger partial charge on any atom is 0.273 e. The number of nitrogens with one attached hydrogen (secondary N) is 2. The first-order chi connectivity index (χ1) is 28.5. The van der Waals surface area contributed by atoms with Crippen molar-refractivity contribution in [2.75, 3.05) is 13.2 Å². The lowest BCUT2D eigenvalue weighted by Gasteiger charge is -2.12. The van der Waals surface area contributed by atoms with Gasteiger partial charge in [-0.3, -0.25) is 20.4 Å². The van der Waals surface area contributed by atoms with Gasteiger partial charge in [0.05, 0.1) is 24.3 Å². The molecule has 0 unspecified atom stereocenters. The lowest BCUT2D eigenvalue weighted by atomic mass is 10.0. The average molecular weight is 809 g/mol. The van der Waals surface area contributed by atoms with E-state index in [2.05, 4.69) is 24.7 Å². The highest BCUT2D eigenvalue weighted by atomic mass is 16.5. The van der Waals surface area contributed by atoms with Gasteiger partial charge >= 0.3 is 0 Å². The molecule has 0 heterocycles. The number of carbonyl (C=O) groups excluding carboxylic acids is 2. The third kappa shape index (κ3) is 25.8. The molecular formula is C50H84N2O6. The third-order valence-corrected chi connectivity index (χ3v) is 11.3. The Bertz CT molecular complexity index is 1220. The Morgan fingerprint density at radius 1 is 0.397 bits per heavy atom. The lowest BCUT2D eigenvalue weighted by molar-refractivity contribution is 0.0843. The molecule has 4 N–H and O–H groups in total. The normalized spacial score (nSPS) is 11.1. The number of aromatic hydroxyl groups is 2. The van der Waals surface area contributed by atoms with Crippen LogP contribution in [0.4, 0.5) is 0 Å². The van der Waals surface area contributed by atoms with Crippen molar-refractivity contribution < 1.29 is 29.3 Å². The Balaban J connectivity index is 1.49. The summed E-state index contributed by atoms with van der Waals surface area (Å²) < 4.78 is 11.6. The first-order valence-corrected chi connectivity index (χ1v) is 24.0. The summed E-state index contributed by atoms with van der Waals surface area (Å²) in [4.78, 5) is 25.4. The van der Waals surface area contributed by atoms with E-state index in [9.17, 15) is 19.8 Å². The van der Waals surface area contributed by atoms with Gasteiger partial charge in [0.2, 0.25) is 0 Å². The standard InChI is InChI=1S/C50H84N2O6/c1-3-5-7-9-11-13-15-17-19-21-23-25-27-29-31-33-39-57-43-35-37-45(47(53)41-43)49(55)51-52-50(56)46-38-36-44(42-48(46)54)58-40-34-32-30-28-26-24-22-20-18-16-14-12-10-8-6-4-2/h35-38,41-42,53-54H,3-34,39-40H2,1-2H3,(H,51,55)(H,52,56). The van der Waals surface area contributed by atoms with E-state index >= 15 is 0 Å². The van der Waals surface area contributed by atoms with Gasteiger partial charge in [0.1, 0.15) is 23.0 Å². The van der Waals surface area contributed by atoms with Crippen molar-refractivity contribution in [2.24, 2.45) is 0 Å². The second-order valence-corrected chi connectivity index (χ2v) is 16.6. The van der Waals surface area contributed by atoms with E-state index in [1.165, 1.54) is 204 Å². The molecule has 0 aromatic heterocycles. The minimum atomic E-state index is -0.687. The number of phenolic OH excluding ortho intramolecular Hbond substituents is 2. The predicted octanol–water partition coefficient (Wildman–Crippen LogP) is 14.5. The largest absolute Gasteiger partial charge is 0.507 e. The van der Waals surface area contributed by atoms with Crippen molar-refractivity contribution in [1.82, 2.24) is 10.9 Å². The SMILES string of the molecule is CCCCCCCCCCCCCCCCCCOc1ccc(C(=O)NNC(=O)c2ccc(OCCCCCCCCCCCCCCCCCC)cc2O)c(O)c1. The van der Waals surface area contributed by atoms with Crippen LogP contribution < -0.4 is 20.3 Å². The summed E-state index contributed by atoms with van der Waals surface area (Å²) in [6.45, 7) is 5.64. The molecular weight excluding hydrogens is 725 g/mol. The van der Waals surface area contributed by atoms with E-state index < -0.39 is 11.8 Å². The van der Waals surface area contributed by atoms with E-state index in [1.54, 1.807) is 12.1 Å². The summed E-state index contributed by atoms with van der Waals surface area (Å²) in [6.07, 6.45) is 42.0. The molecule has 0 aliphatic rings. The van der Waals surface area contributed by atoms with E-state index in [0.717, 1.165) is 25.7 Å². The second kappa shape index (κ2) is 35.5. The number of amides is 2. The summed E-state index contributed by atoms with van der Waals surface area (Å²) in [5.74, 6) is -0.890. The Labute approximate surface area is 354 Å². The van der Waals surface area contributed by atoms with Gasteiger partial charge in [0.25, 0.3) is 11.8 Å². The van der Waals surface area contributed by atoms with Gasteiger partial charge in [-0.1, -0.05) is 206 Å². The second-order valence-electron chi connectivity index (χ2n) is 16.6. The number of benzene rings is 2. The number of rotatable bonds is 38. The highest BCUT2D eigenvalue weighted by Crippen LogP contribution is 2.26. The van der Waals surface area contributed by atoms with Crippen molar-refractivity contribution in [3.63, 3.8) is 0 Å². The molecule has 0 fully saturated rings. The van der Waals surface area contributed by atoms with Gasteiger partial charge in [0.15, 0.2) is 0 Å². The van der Waals surface area contributed by atoms with Gasteiger partial charge in [-0.05, 0) is 37.1 Å². The minimum Gasteiger partial charge on any atom is -0.507 e. The zero-order valence-electron chi connectivity index (χ0n) is 37.0. The molecule has 0 atom stereocenters. The molecule has 0 radical (unpaired) electrons. The van der Waals surface area contributed by atoms with Gasteiger partial charge < -0.3 is 19.7 Å². The van der Waals surface area contributed by atoms with Gasteiger partial charge in [0, 0.05) is 12.1 Å². The fourth-order valence-corrected chi connectivity index (χ4v) is 7.52. The zero-order chi connectivity index (χ0) is 41.7. The van der Waals surface area contributed by atoms with Gasteiger partial charge in [-0.25, -0.2) is 0 Å². The van der Waals surface area contributed by atoms with Crippen LogP contribution in [0.1, 0.15) is 240 Å². The average Bonchev–Trinajstić information content (AvgIpc) is 3.22. The molecule has 0 aliphatic carbocycles.